The third-order valence-corrected chi connectivity index (χ3v) is 6.25. The molecule has 2 aliphatic rings. The Kier molecular flexibility index (Phi) is 5.09. The molecule has 2 aromatic carbocycles. The summed E-state index contributed by atoms with van der Waals surface area (Å²) < 4.78 is 0. The zero-order chi connectivity index (χ0) is 17.1. The highest BCUT2D eigenvalue weighted by Crippen LogP contribution is 2.30. The molecule has 0 saturated carbocycles. The monoisotopic (exact) mass is 352 g/mol. The molecule has 0 aromatic heterocycles. The summed E-state index contributed by atoms with van der Waals surface area (Å²) in [5, 5.41) is 2.91. The van der Waals surface area contributed by atoms with E-state index in [1.54, 1.807) is 0 Å². The number of piperidine rings is 1. The third-order valence-electron chi connectivity index (χ3n) is 5.08. The molecule has 0 radical (unpaired) electrons. The van der Waals surface area contributed by atoms with Gasteiger partial charge in [-0.1, -0.05) is 36.8 Å². The second-order valence-electron chi connectivity index (χ2n) is 6.91. The van der Waals surface area contributed by atoms with Gasteiger partial charge in [0.25, 0.3) is 5.91 Å². The van der Waals surface area contributed by atoms with Gasteiger partial charge in [-0.05, 0) is 54.8 Å². The van der Waals surface area contributed by atoms with Crippen molar-refractivity contribution in [1.82, 2.24) is 10.2 Å². The molecule has 2 aromatic rings. The fraction of sp³-hybridized carbons (Fsp3) is 0.381. The molecule has 0 aliphatic carbocycles. The molecule has 1 saturated heterocycles. The van der Waals surface area contributed by atoms with Gasteiger partial charge in [-0.25, -0.2) is 0 Å². The van der Waals surface area contributed by atoms with Crippen LogP contribution in [0.3, 0.4) is 0 Å². The third kappa shape index (κ3) is 3.91. The van der Waals surface area contributed by atoms with Gasteiger partial charge in [-0.2, -0.15) is 0 Å². The number of likely N-dealkylation sites (tertiary alicyclic amines) is 1. The van der Waals surface area contributed by atoms with E-state index in [1.807, 2.05) is 23.9 Å². The maximum Gasteiger partial charge on any atom is 0.251 e. The first-order valence-electron chi connectivity index (χ1n) is 9.13. The number of carbonyl (C=O) groups is 1. The van der Waals surface area contributed by atoms with Crippen LogP contribution in [-0.4, -0.2) is 23.9 Å². The average Bonchev–Trinajstić information content (AvgIpc) is 3.04. The maximum atomic E-state index is 11.8. The number of nitrogens with one attached hydrogen (secondary N) is 1. The topological polar surface area (TPSA) is 32.3 Å². The van der Waals surface area contributed by atoms with Crippen LogP contribution in [-0.2, 0) is 18.8 Å². The highest BCUT2D eigenvalue weighted by atomic mass is 32.2. The number of amides is 1. The van der Waals surface area contributed by atoms with Crippen molar-refractivity contribution in [2.24, 2.45) is 0 Å². The maximum absolute atomic E-state index is 11.8. The molecule has 25 heavy (non-hydrogen) atoms. The largest absolute Gasteiger partial charge is 0.348 e. The smallest absolute Gasteiger partial charge is 0.251 e. The Bertz CT molecular complexity index is 751. The Morgan fingerprint density at radius 3 is 2.52 bits per heavy atom. The van der Waals surface area contributed by atoms with Crippen LogP contribution in [0.15, 0.2) is 47.4 Å². The molecule has 0 bridgehead atoms. The van der Waals surface area contributed by atoms with Gasteiger partial charge in [0.1, 0.15) is 0 Å². The van der Waals surface area contributed by atoms with E-state index in [2.05, 4.69) is 40.5 Å². The minimum atomic E-state index is 0.0551. The van der Waals surface area contributed by atoms with Gasteiger partial charge in [0.05, 0.1) is 0 Å². The first kappa shape index (κ1) is 16.7. The summed E-state index contributed by atoms with van der Waals surface area (Å²) in [5.74, 6) is 0.994. The number of fused-ring (bicyclic) bond motifs is 1. The Morgan fingerprint density at radius 1 is 0.960 bits per heavy atom. The van der Waals surface area contributed by atoms with Crippen molar-refractivity contribution in [3.8, 4) is 0 Å². The van der Waals surface area contributed by atoms with Crippen LogP contribution in [0.25, 0.3) is 0 Å². The highest BCUT2D eigenvalue weighted by molar-refractivity contribution is 7.98. The van der Waals surface area contributed by atoms with E-state index in [4.69, 9.17) is 0 Å². The predicted octanol–water partition coefficient (Wildman–Crippen LogP) is 4.21. The molecule has 2 heterocycles. The number of thioether (sulfide) groups is 1. The lowest BCUT2D eigenvalue weighted by Gasteiger charge is -2.26. The van der Waals surface area contributed by atoms with Crippen LogP contribution in [0.4, 0.5) is 0 Å². The summed E-state index contributed by atoms with van der Waals surface area (Å²) in [6.45, 7) is 4.21. The summed E-state index contributed by atoms with van der Waals surface area (Å²) in [6, 6.07) is 15.0. The van der Waals surface area contributed by atoms with Crippen molar-refractivity contribution in [3.63, 3.8) is 0 Å². The molecular weight excluding hydrogens is 328 g/mol. The average molecular weight is 353 g/mol. The zero-order valence-corrected chi connectivity index (χ0v) is 15.3. The standard InChI is InChI=1S/C21H24N2OS/c24-21-18-5-4-6-20(19(18)13-22-21)25-15-17-9-7-16(8-10-17)14-23-11-2-1-3-12-23/h4-10H,1-3,11-15H2,(H,22,24). The SMILES string of the molecule is O=C1NCc2c(SCc3ccc(CN4CCCCC4)cc3)cccc21. The first-order chi connectivity index (χ1) is 12.3. The van der Waals surface area contributed by atoms with Crippen LogP contribution in [0.5, 0.6) is 0 Å². The predicted molar refractivity (Wildman–Crippen MR) is 103 cm³/mol. The Labute approximate surface area is 153 Å². The van der Waals surface area contributed by atoms with E-state index in [-0.39, 0.29) is 5.91 Å². The molecule has 1 N–H and O–H groups in total. The van der Waals surface area contributed by atoms with Gasteiger partial charge in [0.2, 0.25) is 0 Å². The van der Waals surface area contributed by atoms with Gasteiger partial charge < -0.3 is 5.32 Å². The summed E-state index contributed by atoms with van der Waals surface area (Å²) in [6.07, 6.45) is 4.07. The Morgan fingerprint density at radius 2 is 1.72 bits per heavy atom. The molecule has 2 aliphatic heterocycles. The van der Waals surface area contributed by atoms with Crippen LogP contribution < -0.4 is 5.32 Å². The van der Waals surface area contributed by atoms with E-state index in [0.717, 1.165) is 23.4 Å². The molecule has 3 nitrogen and oxygen atoms in total. The van der Waals surface area contributed by atoms with Crippen LogP contribution >= 0.6 is 11.8 Å². The number of benzene rings is 2. The number of rotatable bonds is 5. The van der Waals surface area contributed by atoms with Gasteiger partial charge in [-0.15, -0.1) is 11.8 Å². The number of carbonyl (C=O) groups excluding carboxylic acids is 1. The van der Waals surface area contributed by atoms with Gasteiger partial charge in [-0.3, -0.25) is 9.69 Å². The normalized spacial score (nSPS) is 17.4. The molecule has 1 amide bonds. The molecule has 4 rings (SSSR count). The van der Waals surface area contributed by atoms with Gasteiger partial charge in [0.15, 0.2) is 0 Å². The molecule has 130 valence electrons. The van der Waals surface area contributed by atoms with E-state index in [9.17, 15) is 4.79 Å². The van der Waals surface area contributed by atoms with Crippen LogP contribution in [0, 0.1) is 0 Å². The number of hydrogen-bond acceptors (Lipinski definition) is 3. The van der Waals surface area contributed by atoms with Crippen molar-refractivity contribution in [3.05, 3.63) is 64.7 Å². The van der Waals surface area contributed by atoms with E-state index < -0.39 is 0 Å². The minimum Gasteiger partial charge on any atom is -0.348 e. The lowest BCUT2D eigenvalue weighted by Crippen LogP contribution is -2.29. The van der Waals surface area contributed by atoms with Crippen molar-refractivity contribution in [2.45, 2.75) is 43.0 Å². The lowest BCUT2D eigenvalue weighted by atomic mass is 10.1. The van der Waals surface area contributed by atoms with Crippen LogP contribution in [0.2, 0.25) is 0 Å². The van der Waals surface area contributed by atoms with Crippen molar-refractivity contribution < 1.29 is 4.79 Å². The first-order valence-corrected chi connectivity index (χ1v) is 10.1. The van der Waals surface area contributed by atoms with Crippen molar-refractivity contribution in [2.75, 3.05) is 13.1 Å². The second kappa shape index (κ2) is 7.63. The molecule has 0 atom stereocenters. The minimum absolute atomic E-state index is 0.0551. The summed E-state index contributed by atoms with van der Waals surface area (Å²) in [4.78, 5) is 15.5. The number of hydrogen-bond donors (Lipinski definition) is 1. The highest BCUT2D eigenvalue weighted by Gasteiger charge is 2.21. The van der Waals surface area contributed by atoms with Gasteiger partial charge in [0, 0.05) is 29.3 Å². The van der Waals surface area contributed by atoms with E-state index in [1.165, 1.54) is 48.4 Å². The molecular formula is C21H24N2OS. The van der Waals surface area contributed by atoms with Crippen molar-refractivity contribution >= 4 is 17.7 Å². The summed E-state index contributed by atoms with van der Waals surface area (Å²) in [5.41, 5.74) is 4.73. The van der Waals surface area contributed by atoms with Crippen molar-refractivity contribution in [1.29, 1.82) is 0 Å². The quantitative estimate of drug-likeness (QED) is 0.818. The molecule has 0 unspecified atom stereocenters. The molecule has 1 fully saturated rings. The Hall–Kier alpha value is -1.78. The van der Waals surface area contributed by atoms with E-state index in [0.29, 0.717) is 6.54 Å². The fourth-order valence-electron chi connectivity index (χ4n) is 3.64. The second-order valence-corrected chi connectivity index (χ2v) is 7.92. The summed E-state index contributed by atoms with van der Waals surface area (Å²) in [7, 11) is 0. The molecule has 4 heteroatoms. The van der Waals surface area contributed by atoms with Gasteiger partial charge >= 0.3 is 0 Å². The van der Waals surface area contributed by atoms with E-state index >= 15 is 0 Å². The Balaban J connectivity index is 1.37. The number of nitrogens with zero attached hydrogens (tertiary/aromatic N) is 1. The molecule has 0 spiro atoms. The van der Waals surface area contributed by atoms with Crippen LogP contribution in [0.1, 0.15) is 46.3 Å². The zero-order valence-electron chi connectivity index (χ0n) is 14.5. The fourth-order valence-corrected chi connectivity index (χ4v) is 4.68. The lowest BCUT2D eigenvalue weighted by molar-refractivity contribution is 0.0966. The summed E-state index contributed by atoms with van der Waals surface area (Å²) >= 11 is 1.82.